The number of esters is 1. The summed E-state index contributed by atoms with van der Waals surface area (Å²) in [5.74, 6) is 0.686. The first-order valence-corrected chi connectivity index (χ1v) is 4.59. The Morgan fingerprint density at radius 2 is 2.25 bits per heavy atom. The zero-order valence-electron chi connectivity index (χ0n) is 7.75. The van der Waals surface area contributed by atoms with Crippen LogP contribution >= 0.6 is 0 Å². The van der Waals surface area contributed by atoms with Gasteiger partial charge < -0.3 is 10.5 Å². The highest BCUT2D eigenvalue weighted by atomic mass is 16.5. The van der Waals surface area contributed by atoms with Gasteiger partial charge in [-0.1, -0.05) is 6.92 Å². The monoisotopic (exact) mass is 171 g/mol. The molecule has 0 saturated heterocycles. The van der Waals surface area contributed by atoms with Gasteiger partial charge in [-0.15, -0.1) is 0 Å². The Hall–Kier alpha value is -0.570. The highest BCUT2D eigenvalue weighted by Crippen LogP contribution is 2.37. The van der Waals surface area contributed by atoms with Crippen LogP contribution in [0.3, 0.4) is 0 Å². The van der Waals surface area contributed by atoms with Gasteiger partial charge in [-0.25, -0.2) is 0 Å². The molecule has 70 valence electrons. The van der Waals surface area contributed by atoms with Crippen molar-refractivity contribution in [3.8, 4) is 0 Å². The number of hydrogen-bond donors (Lipinski definition) is 1. The molecule has 2 N–H and O–H groups in total. The number of carbonyl (C=O) groups is 1. The van der Waals surface area contributed by atoms with Crippen molar-refractivity contribution in [3.05, 3.63) is 0 Å². The SMILES string of the molecule is CCOC(=O)C(N)C(C)C1CC1. The Kier molecular flexibility index (Phi) is 3.09. The fourth-order valence-corrected chi connectivity index (χ4v) is 1.37. The fraction of sp³-hybridized carbons (Fsp3) is 0.889. The van der Waals surface area contributed by atoms with Crippen molar-refractivity contribution >= 4 is 5.97 Å². The van der Waals surface area contributed by atoms with E-state index in [0.29, 0.717) is 12.5 Å². The minimum absolute atomic E-state index is 0.253. The molecule has 0 bridgehead atoms. The van der Waals surface area contributed by atoms with Crippen molar-refractivity contribution in [2.75, 3.05) is 6.61 Å². The van der Waals surface area contributed by atoms with E-state index in [2.05, 4.69) is 0 Å². The number of carbonyl (C=O) groups excluding carboxylic acids is 1. The molecular weight excluding hydrogens is 154 g/mol. The van der Waals surface area contributed by atoms with E-state index in [0.717, 1.165) is 0 Å². The van der Waals surface area contributed by atoms with Gasteiger partial charge in [0.25, 0.3) is 0 Å². The van der Waals surface area contributed by atoms with Gasteiger partial charge in [0, 0.05) is 0 Å². The van der Waals surface area contributed by atoms with Crippen molar-refractivity contribution in [1.82, 2.24) is 0 Å². The Balaban J connectivity index is 2.33. The van der Waals surface area contributed by atoms with Crippen molar-refractivity contribution in [1.29, 1.82) is 0 Å². The smallest absolute Gasteiger partial charge is 0.323 e. The van der Waals surface area contributed by atoms with E-state index in [9.17, 15) is 4.79 Å². The van der Waals surface area contributed by atoms with Crippen molar-refractivity contribution in [2.45, 2.75) is 32.7 Å². The van der Waals surface area contributed by atoms with Crippen LogP contribution in [-0.2, 0) is 9.53 Å². The summed E-state index contributed by atoms with van der Waals surface area (Å²) in [6.07, 6.45) is 2.43. The second kappa shape index (κ2) is 3.90. The largest absolute Gasteiger partial charge is 0.465 e. The molecule has 0 amide bonds. The molecule has 0 radical (unpaired) electrons. The van der Waals surface area contributed by atoms with Crippen molar-refractivity contribution < 1.29 is 9.53 Å². The number of hydrogen-bond acceptors (Lipinski definition) is 3. The first kappa shape index (κ1) is 9.52. The van der Waals surface area contributed by atoms with Crippen LogP contribution in [-0.4, -0.2) is 18.6 Å². The summed E-state index contributed by atoms with van der Waals surface area (Å²) in [5, 5.41) is 0. The fourth-order valence-electron chi connectivity index (χ4n) is 1.37. The molecule has 0 aromatic carbocycles. The van der Waals surface area contributed by atoms with E-state index < -0.39 is 6.04 Å². The quantitative estimate of drug-likeness (QED) is 0.640. The second-order valence-corrected chi connectivity index (χ2v) is 3.47. The van der Waals surface area contributed by atoms with Crippen LogP contribution in [0.5, 0.6) is 0 Å². The molecule has 2 atom stereocenters. The first-order valence-electron chi connectivity index (χ1n) is 4.59. The predicted molar refractivity (Wildman–Crippen MR) is 46.5 cm³/mol. The third kappa shape index (κ3) is 2.21. The molecule has 3 heteroatoms. The van der Waals surface area contributed by atoms with E-state index in [1.165, 1.54) is 12.8 Å². The Labute approximate surface area is 73.3 Å². The van der Waals surface area contributed by atoms with Gasteiger partial charge >= 0.3 is 5.97 Å². The highest BCUT2D eigenvalue weighted by Gasteiger charge is 2.35. The molecule has 0 aliphatic heterocycles. The molecular formula is C9H17NO2. The molecule has 0 aromatic heterocycles. The lowest BCUT2D eigenvalue weighted by Gasteiger charge is -2.17. The molecule has 1 rings (SSSR count). The molecule has 1 aliphatic rings. The van der Waals surface area contributed by atoms with E-state index in [4.69, 9.17) is 10.5 Å². The van der Waals surface area contributed by atoms with Crippen LogP contribution < -0.4 is 5.73 Å². The minimum atomic E-state index is -0.419. The van der Waals surface area contributed by atoms with Crippen LogP contribution in [0.4, 0.5) is 0 Å². The van der Waals surface area contributed by atoms with Gasteiger partial charge in [0.1, 0.15) is 6.04 Å². The zero-order chi connectivity index (χ0) is 9.14. The lowest BCUT2D eigenvalue weighted by atomic mass is 9.98. The normalized spacial score (nSPS) is 21.6. The Morgan fingerprint density at radius 3 is 2.67 bits per heavy atom. The predicted octanol–water partition coefficient (Wildman–Crippen LogP) is 0.923. The van der Waals surface area contributed by atoms with Gasteiger partial charge in [0.2, 0.25) is 0 Å². The summed E-state index contributed by atoms with van der Waals surface area (Å²) in [5.41, 5.74) is 5.71. The standard InChI is InChI=1S/C9H17NO2/c1-3-12-9(11)8(10)6(2)7-4-5-7/h6-8H,3-5,10H2,1-2H3. The van der Waals surface area contributed by atoms with Crippen LogP contribution in [0.15, 0.2) is 0 Å². The first-order chi connectivity index (χ1) is 5.66. The van der Waals surface area contributed by atoms with Gasteiger partial charge in [0.15, 0.2) is 0 Å². The van der Waals surface area contributed by atoms with Crippen LogP contribution in [0.25, 0.3) is 0 Å². The number of rotatable bonds is 4. The van der Waals surface area contributed by atoms with Gasteiger partial charge in [0.05, 0.1) is 6.61 Å². The average molecular weight is 171 g/mol. The summed E-state index contributed by atoms with van der Waals surface area (Å²) >= 11 is 0. The molecule has 1 fully saturated rings. The molecule has 12 heavy (non-hydrogen) atoms. The van der Waals surface area contributed by atoms with Gasteiger partial charge in [-0.3, -0.25) is 4.79 Å². The third-order valence-electron chi connectivity index (χ3n) is 2.49. The van der Waals surface area contributed by atoms with Crippen LogP contribution in [0.1, 0.15) is 26.7 Å². The summed E-state index contributed by atoms with van der Waals surface area (Å²) in [6.45, 7) is 4.25. The van der Waals surface area contributed by atoms with Gasteiger partial charge in [-0.05, 0) is 31.6 Å². The maximum absolute atomic E-state index is 11.2. The van der Waals surface area contributed by atoms with Crippen molar-refractivity contribution in [2.24, 2.45) is 17.6 Å². The van der Waals surface area contributed by atoms with E-state index in [1.54, 1.807) is 6.92 Å². The molecule has 1 saturated carbocycles. The van der Waals surface area contributed by atoms with E-state index in [1.807, 2.05) is 6.92 Å². The topological polar surface area (TPSA) is 52.3 Å². The second-order valence-electron chi connectivity index (χ2n) is 3.47. The molecule has 2 unspecified atom stereocenters. The number of ether oxygens (including phenoxy) is 1. The Morgan fingerprint density at radius 1 is 1.67 bits per heavy atom. The highest BCUT2D eigenvalue weighted by molar-refractivity contribution is 5.75. The molecule has 3 nitrogen and oxygen atoms in total. The molecule has 0 spiro atoms. The minimum Gasteiger partial charge on any atom is -0.465 e. The summed E-state index contributed by atoms with van der Waals surface area (Å²) in [7, 11) is 0. The van der Waals surface area contributed by atoms with Gasteiger partial charge in [-0.2, -0.15) is 0 Å². The molecule has 0 heterocycles. The summed E-state index contributed by atoms with van der Waals surface area (Å²) < 4.78 is 4.84. The molecule has 0 aromatic rings. The maximum atomic E-state index is 11.2. The van der Waals surface area contributed by atoms with Crippen LogP contribution in [0, 0.1) is 11.8 Å². The Bertz CT molecular complexity index is 166. The lowest BCUT2D eigenvalue weighted by Crippen LogP contribution is -2.39. The molecule has 1 aliphatic carbocycles. The zero-order valence-corrected chi connectivity index (χ0v) is 7.75. The van der Waals surface area contributed by atoms with Crippen molar-refractivity contribution in [3.63, 3.8) is 0 Å². The lowest BCUT2D eigenvalue weighted by molar-refractivity contribution is -0.146. The van der Waals surface area contributed by atoms with E-state index in [-0.39, 0.29) is 11.9 Å². The number of nitrogens with two attached hydrogens (primary N) is 1. The van der Waals surface area contributed by atoms with E-state index >= 15 is 0 Å². The summed E-state index contributed by atoms with van der Waals surface area (Å²) in [6, 6.07) is -0.419. The maximum Gasteiger partial charge on any atom is 0.323 e. The third-order valence-corrected chi connectivity index (χ3v) is 2.49. The average Bonchev–Trinajstić information content (AvgIpc) is 2.84. The summed E-state index contributed by atoms with van der Waals surface area (Å²) in [4.78, 5) is 11.2. The van der Waals surface area contributed by atoms with Crippen LogP contribution in [0.2, 0.25) is 0 Å².